The van der Waals surface area contributed by atoms with Crippen molar-refractivity contribution in [2.75, 3.05) is 13.1 Å². The summed E-state index contributed by atoms with van der Waals surface area (Å²) in [7, 11) is 1.90. The summed E-state index contributed by atoms with van der Waals surface area (Å²) < 4.78 is 1.83. The summed E-state index contributed by atoms with van der Waals surface area (Å²) >= 11 is 0. The van der Waals surface area contributed by atoms with Gasteiger partial charge in [0.05, 0.1) is 17.7 Å². The Balaban J connectivity index is 2.12. The highest BCUT2D eigenvalue weighted by molar-refractivity contribution is 5.84. The van der Waals surface area contributed by atoms with Crippen LogP contribution in [0.5, 0.6) is 0 Å². The third-order valence-electron chi connectivity index (χ3n) is 4.36. The second-order valence-electron chi connectivity index (χ2n) is 5.66. The number of piperidine rings is 1. The highest BCUT2D eigenvalue weighted by Gasteiger charge is 2.29. The lowest BCUT2D eigenvalue weighted by molar-refractivity contribution is -0.133. The number of carbonyl (C=O) groups is 1. The third-order valence-corrected chi connectivity index (χ3v) is 4.36. The number of aryl methyl sites for hydroxylation is 2. The highest BCUT2D eigenvalue weighted by atomic mass is 16.2. The Morgan fingerprint density at radius 1 is 1.40 bits per heavy atom. The van der Waals surface area contributed by atoms with Gasteiger partial charge in [0.15, 0.2) is 0 Å². The molecule has 0 radical (unpaired) electrons. The van der Waals surface area contributed by atoms with Gasteiger partial charge in [-0.25, -0.2) is 0 Å². The fourth-order valence-electron chi connectivity index (χ4n) is 3.04. The first kappa shape index (κ1) is 14.6. The third kappa shape index (κ3) is 2.55. The molecular formula is C15H22N4O. The average molecular weight is 274 g/mol. The fourth-order valence-corrected chi connectivity index (χ4v) is 3.04. The number of rotatable bonds is 2. The smallest absolute Gasteiger partial charge is 0.229 e. The van der Waals surface area contributed by atoms with E-state index in [9.17, 15) is 4.79 Å². The van der Waals surface area contributed by atoms with Crippen molar-refractivity contribution >= 4 is 5.91 Å². The average Bonchev–Trinajstić information content (AvgIpc) is 2.71. The van der Waals surface area contributed by atoms with Gasteiger partial charge < -0.3 is 4.90 Å². The van der Waals surface area contributed by atoms with Crippen molar-refractivity contribution in [2.45, 2.75) is 39.5 Å². The lowest BCUT2D eigenvalue weighted by atomic mass is 9.94. The van der Waals surface area contributed by atoms with E-state index in [-0.39, 0.29) is 17.7 Å². The SMILES string of the molecule is Cc1nn(C)c(C)c1C(C)C(=O)N1CCC(C#N)CC1. The summed E-state index contributed by atoms with van der Waals surface area (Å²) in [5, 5.41) is 13.3. The molecule has 0 aliphatic carbocycles. The first-order valence-electron chi connectivity index (χ1n) is 7.14. The maximum atomic E-state index is 12.6. The van der Waals surface area contributed by atoms with Crippen LogP contribution in [-0.2, 0) is 11.8 Å². The topological polar surface area (TPSA) is 61.9 Å². The number of aromatic nitrogens is 2. The molecule has 5 nitrogen and oxygen atoms in total. The van der Waals surface area contributed by atoms with Gasteiger partial charge in [0, 0.05) is 37.3 Å². The van der Waals surface area contributed by atoms with Crippen LogP contribution in [0.4, 0.5) is 0 Å². The quantitative estimate of drug-likeness (QED) is 0.827. The van der Waals surface area contributed by atoms with Gasteiger partial charge in [0.1, 0.15) is 0 Å². The van der Waals surface area contributed by atoms with Crippen LogP contribution in [0.15, 0.2) is 0 Å². The van der Waals surface area contributed by atoms with Gasteiger partial charge >= 0.3 is 0 Å². The summed E-state index contributed by atoms with van der Waals surface area (Å²) in [5.41, 5.74) is 3.02. The van der Waals surface area contributed by atoms with Crippen LogP contribution in [0.25, 0.3) is 0 Å². The molecule has 0 aromatic carbocycles. The molecule has 1 fully saturated rings. The molecule has 5 heteroatoms. The molecular weight excluding hydrogens is 252 g/mol. The van der Waals surface area contributed by atoms with Crippen molar-refractivity contribution in [3.05, 3.63) is 17.0 Å². The molecule has 1 aromatic heterocycles. The minimum absolute atomic E-state index is 0.108. The van der Waals surface area contributed by atoms with Gasteiger partial charge in [-0.3, -0.25) is 9.48 Å². The van der Waals surface area contributed by atoms with Crippen LogP contribution in [0.2, 0.25) is 0 Å². The van der Waals surface area contributed by atoms with E-state index in [1.807, 2.05) is 37.4 Å². The first-order chi connectivity index (χ1) is 9.45. The van der Waals surface area contributed by atoms with Crippen LogP contribution in [-0.4, -0.2) is 33.7 Å². The van der Waals surface area contributed by atoms with Gasteiger partial charge in [0.2, 0.25) is 5.91 Å². The second kappa shape index (κ2) is 5.66. The minimum atomic E-state index is -0.165. The number of nitriles is 1. The van der Waals surface area contributed by atoms with Crippen LogP contribution in [0.3, 0.4) is 0 Å². The van der Waals surface area contributed by atoms with Crippen LogP contribution in [0.1, 0.15) is 42.6 Å². The number of hydrogen-bond donors (Lipinski definition) is 0. The van der Waals surface area contributed by atoms with Crippen molar-refractivity contribution < 1.29 is 4.79 Å². The molecule has 0 saturated carbocycles. The Hall–Kier alpha value is -1.83. The van der Waals surface area contributed by atoms with E-state index in [1.165, 1.54) is 0 Å². The van der Waals surface area contributed by atoms with Crippen molar-refractivity contribution in [1.82, 2.24) is 14.7 Å². The Labute approximate surface area is 120 Å². The number of carbonyl (C=O) groups excluding carboxylic acids is 1. The van der Waals surface area contributed by atoms with E-state index >= 15 is 0 Å². The van der Waals surface area contributed by atoms with Crippen molar-refractivity contribution in [1.29, 1.82) is 5.26 Å². The van der Waals surface area contributed by atoms with Gasteiger partial charge in [-0.05, 0) is 33.6 Å². The van der Waals surface area contributed by atoms with E-state index in [1.54, 1.807) is 0 Å². The summed E-state index contributed by atoms with van der Waals surface area (Å²) in [6.45, 7) is 7.30. The zero-order chi connectivity index (χ0) is 14.9. The van der Waals surface area contributed by atoms with E-state index in [0.717, 1.165) is 29.8 Å². The zero-order valence-electron chi connectivity index (χ0n) is 12.7. The summed E-state index contributed by atoms with van der Waals surface area (Å²) in [4.78, 5) is 14.5. The first-order valence-corrected chi connectivity index (χ1v) is 7.14. The molecule has 2 heterocycles. The Kier molecular flexibility index (Phi) is 4.12. The molecule has 1 saturated heterocycles. The predicted molar refractivity (Wildman–Crippen MR) is 76.0 cm³/mol. The molecule has 108 valence electrons. The Morgan fingerprint density at radius 3 is 2.45 bits per heavy atom. The molecule has 0 bridgehead atoms. The lowest BCUT2D eigenvalue weighted by Crippen LogP contribution is -2.40. The number of hydrogen-bond acceptors (Lipinski definition) is 3. The van der Waals surface area contributed by atoms with E-state index in [0.29, 0.717) is 13.1 Å². The number of nitrogens with zero attached hydrogens (tertiary/aromatic N) is 4. The molecule has 2 rings (SSSR count). The molecule has 0 spiro atoms. The van der Waals surface area contributed by atoms with Gasteiger partial charge in [-0.1, -0.05) is 0 Å². The van der Waals surface area contributed by atoms with Gasteiger partial charge in [-0.2, -0.15) is 10.4 Å². The monoisotopic (exact) mass is 274 g/mol. The lowest BCUT2D eigenvalue weighted by Gasteiger charge is -2.31. The maximum absolute atomic E-state index is 12.6. The maximum Gasteiger partial charge on any atom is 0.229 e. The molecule has 1 amide bonds. The molecule has 0 N–H and O–H groups in total. The summed E-state index contributed by atoms with van der Waals surface area (Å²) in [5.74, 6) is 0.0964. The molecule has 1 atom stereocenters. The second-order valence-corrected chi connectivity index (χ2v) is 5.66. The highest BCUT2D eigenvalue weighted by Crippen LogP contribution is 2.26. The van der Waals surface area contributed by atoms with E-state index < -0.39 is 0 Å². The largest absolute Gasteiger partial charge is 0.342 e. The minimum Gasteiger partial charge on any atom is -0.342 e. The van der Waals surface area contributed by atoms with Crippen LogP contribution < -0.4 is 0 Å². The normalized spacial score (nSPS) is 17.9. The molecule has 20 heavy (non-hydrogen) atoms. The Bertz CT molecular complexity index is 547. The number of amides is 1. The molecule has 1 aromatic rings. The standard InChI is InChI=1S/C15H22N4O/c1-10(14-11(2)17-18(4)12(14)3)15(20)19-7-5-13(9-16)6-8-19/h10,13H,5-8H2,1-4H3. The fraction of sp³-hybridized carbons (Fsp3) is 0.667. The number of likely N-dealkylation sites (tertiary alicyclic amines) is 1. The van der Waals surface area contributed by atoms with Crippen molar-refractivity contribution in [2.24, 2.45) is 13.0 Å². The molecule has 1 unspecified atom stereocenters. The van der Waals surface area contributed by atoms with Crippen molar-refractivity contribution in [3.63, 3.8) is 0 Å². The van der Waals surface area contributed by atoms with Gasteiger partial charge in [-0.15, -0.1) is 0 Å². The van der Waals surface area contributed by atoms with Gasteiger partial charge in [0.25, 0.3) is 0 Å². The Morgan fingerprint density at radius 2 is 2.00 bits per heavy atom. The molecule has 1 aliphatic rings. The summed E-state index contributed by atoms with van der Waals surface area (Å²) in [6, 6.07) is 2.29. The van der Waals surface area contributed by atoms with E-state index in [4.69, 9.17) is 5.26 Å². The molecule has 1 aliphatic heterocycles. The predicted octanol–water partition coefficient (Wildman–Crippen LogP) is 1.90. The van der Waals surface area contributed by atoms with Crippen LogP contribution in [0, 0.1) is 31.1 Å². The zero-order valence-corrected chi connectivity index (χ0v) is 12.7. The summed E-state index contributed by atoms with van der Waals surface area (Å²) in [6.07, 6.45) is 1.58. The van der Waals surface area contributed by atoms with Crippen LogP contribution >= 0.6 is 0 Å². The van der Waals surface area contributed by atoms with Crippen molar-refractivity contribution in [3.8, 4) is 6.07 Å². The van der Waals surface area contributed by atoms with E-state index in [2.05, 4.69) is 11.2 Å².